The molecule has 15 heavy (non-hydrogen) atoms. The van der Waals surface area contributed by atoms with Crippen LogP contribution in [-0.2, 0) is 4.84 Å². The van der Waals surface area contributed by atoms with Crippen LogP contribution in [0, 0.1) is 5.92 Å². The van der Waals surface area contributed by atoms with E-state index in [0.29, 0.717) is 0 Å². The molecule has 86 valence electrons. The highest BCUT2D eigenvalue weighted by molar-refractivity contribution is 6.21. The smallest absolute Gasteiger partial charge is 0.148 e. The average molecular weight is 230 g/mol. The molecule has 1 heterocycles. The Morgan fingerprint density at radius 3 is 2.73 bits per heavy atom. The molecule has 2 nitrogen and oxygen atoms in total. The van der Waals surface area contributed by atoms with Crippen molar-refractivity contribution in [3.63, 3.8) is 0 Å². The second-order valence-corrected chi connectivity index (χ2v) is 5.58. The zero-order chi connectivity index (χ0) is 10.7. The first-order valence-electron chi connectivity index (χ1n) is 6.11. The molecular weight excluding hydrogens is 210 g/mol. The zero-order valence-electron chi connectivity index (χ0n) is 9.42. The van der Waals surface area contributed by atoms with Gasteiger partial charge in [0, 0.05) is 6.42 Å². The van der Waals surface area contributed by atoms with Crippen molar-refractivity contribution in [2.45, 2.75) is 63.4 Å². The van der Waals surface area contributed by atoms with Crippen molar-refractivity contribution in [1.29, 1.82) is 0 Å². The first-order valence-corrected chi connectivity index (χ1v) is 6.55. The van der Waals surface area contributed by atoms with Crippen LogP contribution < -0.4 is 0 Å². The first-order chi connectivity index (χ1) is 7.25. The van der Waals surface area contributed by atoms with E-state index in [-0.39, 0.29) is 11.5 Å². The van der Waals surface area contributed by atoms with E-state index in [4.69, 9.17) is 16.4 Å². The fourth-order valence-corrected chi connectivity index (χ4v) is 2.68. The number of hydrogen-bond acceptors (Lipinski definition) is 2. The number of halogens is 1. The summed E-state index contributed by atoms with van der Waals surface area (Å²) in [5.41, 5.74) is 1.24. The molecule has 0 saturated heterocycles. The van der Waals surface area contributed by atoms with E-state index < -0.39 is 0 Å². The van der Waals surface area contributed by atoms with Gasteiger partial charge < -0.3 is 4.84 Å². The lowest BCUT2D eigenvalue weighted by atomic mass is 9.85. The standard InChI is InChI=1S/C12H20ClNO/c1-9(13)12-8-11(14-15-12)7-10-5-3-2-4-6-10/h9-10,12H,2-8H2,1H3. The molecule has 0 aromatic carbocycles. The zero-order valence-corrected chi connectivity index (χ0v) is 10.2. The molecule has 1 saturated carbocycles. The Hall–Kier alpha value is -0.240. The summed E-state index contributed by atoms with van der Waals surface area (Å²) in [5, 5.41) is 4.23. The Labute approximate surface area is 97.0 Å². The summed E-state index contributed by atoms with van der Waals surface area (Å²) in [5.74, 6) is 0.852. The van der Waals surface area contributed by atoms with Gasteiger partial charge in [-0.15, -0.1) is 11.6 Å². The third kappa shape index (κ3) is 3.10. The molecule has 2 atom stereocenters. The van der Waals surface area contributed by atoms with Crippen LogP contribution in [0.4, 0.5) is 0 Å². The van der Waals surface area contributed by atoms with Crippen molar-refractivity contribution in [2.75, 3.05) is 0 Å². The largest absolute Gasteiger partial charge is 0.391 e. The van der Waals surface area contributed by atoms with E-state index in [2.05, 4.69) is 5.16 Å². The molecule has 2 unspecified atom stereocenters. The molecule has 1 fully saturated rings. The van der Waals surface area contributed by atoms with Gasteiger partial charge >= 0.3 is 0 Å². The molecule has 0 aromatic rings. The van der Waals surface area contributed by atoms with Crippen LogP contribution in [0.5, 0.6) is 0 Å². The van der Waals surface area contributed by atoms with E-state index in [1.165, 1.54) is 37.8 Å². The van der Waals surface area contributed by atoms with Gasteiger partial charge in [-0.05, 0) is 19.3 Å². The lowest BCUT2D eigenvalue weighted by molar-refractivity contribution is 0.0854. The Kier molecular flexibility index (Phi) is 3.90. The fraction of sp³-hybridized carbons (Fsp3) is 0.917. The summed E-state index contributed by atoms with van der Waals surface area (Å²) in [6.45, 7) is 1.98. The third-order valence-corrected chi connectivity index (χ3v) is 3.80. The summed E-state index contributed by atoms with van der Waals surface area (Å²) >= 11 is 5.99. The molecule has 1 aliphatic carbocycles. The van der Waals surface area contributed by atoms with E-state index in [9.17, 15) is 0 Å². The highest BCUT2D eigenvalue weighted by Crippen LogP contribution is 2.29. The molecule has 1 aliphatic heterocycles. The average Bonchev–Trinajstić information content (AvgIpc) is 2.68. The van der Waals surface area contributed by atoms with Crippen molar-refractivity contribution in [1.82, 2.24) is 0 Å². The van der Waals surface area contributed by atoms with Crippen molar-refractivity contribution in [3.05, 3.63) is 0 Å². The summed E-state index contributed by atoms with van der Waals surface area (Å²) in [6, 6.07) is 0. The van der Waals surface area contributed by atoms with Crippen LogP contribution in [-0.4, -0.2) is 17.2 Å². The Bertz CT molecular complexity index is 234. The minimum atomic E-state index is 0.0672. The van der Waals surface area contributed by atoms with Crippen molar-refractivity contribution in [2.24, 2.45) is 11.1 Å². The van der Waals surface area contributed by atoms with Gasteiger partial charge in [-0.2, -0.15) is 0 Å². The Morgan fingerprint density at radius 1 is 1.40 bits per heavy atom. The SMILES string of the molecule is CC(Cl)C1CC(CC2CCCCC2)=NO1. The maximum absolute atomic E-state index is 5.99. The van der Waals surface area contributed by atoms with E-state index >= 15 is 0 Å². The summed E-state index contributed by atoms with van der Waals surface area (Å²) in [7, 11) is 0. The number of hydrogen-bond donors (Lipinski definition) is 0. The van der Waals surface area contributed by atoms with Gasteiger partial charge in [-0.25, -0.2) is 0 Å². The van der Waals surface area contributed by atoms with E-state index in [1.807, 2.05) is 6.92 Å². The second-order valence-electron chi connectivity index (χ2n) is 4.89. The summed E-state index contributed by atoms with van der Waals surface area (Å²) in [4.78, 5) is 5.32. The fourth-order valence-electron chi connectivity index (χ4n) is 2.54. The molecule has 0 N–H and O–H groups in total. The molecule has 0 radical (unpaired) electrons. The maximum atomic E-state index is 5.99. The molecule has 3 heteroatoms. The van der Waals surface area contributed by atoms with Gasteiger partial charge in [-0.1, -0.05) is 37.3 Å². The van der Waals surface area contributed by atoms with Crippen molar-refractivity contribution >= 4 is 17.3 Å². The van der Waals surface area contributed by atoms with Gasteiger partial charge in [0.1, 0.15) is 6.10 Å². The highest BCUT2D eigenvalue weighted by atomic mass is 35.5. The maximum Gasteiger partial charge on any atom is 0.148 e. The molecule has 2 aliphatic rings. The van der Waals surface area contributed by atoms with Gasteiger partial charge in [0.05, 0.1) is 11.1 Å². The Balaban J connectivity index is 1.76. The highest BCUT2D eigenvalue weighted by Gasteiger charge is 2.27. The van der Waals surface area contributed by atoms with Crippen LogP contribution in [0.3, 0.4) is 0 Å². The van der Waals surface area contributed by atoms with E-state index in [1.54, 1.807) is 0 Å². The van der Waals surface area contributed by atoms with Gasteiger partial charge in [0.15, 0.2) is 0 Å². The van der Waals surface area contributed by atoms with Crippen molar-refractivity contribution in [3.8, 4) is 0 Å². The van der Waals surface area contributed by atoms with E-state index in [0.717, 1.165) is 18.8 Å². The second kappa shape index (κ2) is 5.20. The van der Waals surface area contributed by atoms with Crippen LogP contribution >= 0.6 is 11.6 Å². The predicted octanol–water partition coefficient (Wildman–Crippen LogP) is 3.73. The lowest BCUT2D eigenvalue weighted by Gasteiger charge is -2.20. The summed E-state index contributed by atoms with van der Waals surface area (Å²) in [6.07, 6.45) is 9.16. The summed E-state index contributed by atoms with van der Waals surface area (Å²) < 4.78 is 0. The van der Waals surface area contributed by atoms with Gasteiger partial charge in [0.25, 0.3) is 0 Å². The van der Waals surface area contributed by atoms with Crippen LogP contribution in [0.2, 0.25) is 0 Å². The molecule has 0 amide bonds. The Morgan fingerprint density at radius 2 is 2.13 bits per heavy atom. The number of oxime groups is 1. The number of rotatable bonds is 3. The first kappa shape index (κ1) is 11.3. The topological polar surface area (TPSA) is 21.6 Å². The van der Waals surface area contributed by atoms with Crippen LogP contribution in [0.25, 0.3) is 0 Å². The molecule has 0 bridgehead atoms. The number of alkyl halides is 1. The quantitative estimate of drug-likeness (QED) is 0.676. The van der Waals surface area contributed by atoms with Gasteiger partial charge in [0.2, 0.25) is 0 Å². The number of nitrogens with zero attached hydrogens (tertiary/aromatic N) is 1. The van der Waals surface area contributed by atoms with Crippen LogP contribution in [0.15, 0.2) is 5.16 Å². The predicted molar refractivity (Wildman–Crippen MR) is 63.4 cm³/mol. The minimum Gasteiger partial charge on any atom is -0.391 e. The molecule has 0 spiro atoms. The monoisotopic (exact) mass is 229 g/mol. The lowest BCUT2D eigenvalue weighted by Crippen LogP contribution is -2.19. The molecule has 2 rings (SSSR count). The minimum absolute atomic E-state index is 0.0672. The molecular formula is C12H20ClNO. The normalized spacial score (nSPS) is 29.7. The van der Waals surface area contributed by atoms with Crippen LogP contribution in [0.1, 0.15) is 51.9 Å². The van der Waals surface area contributed by atoms with Gasteiger partial charge in [-0.3, -0.25) is 0 Å². The third-order valence-electron chi connectivity index (χ3n) is 3.52. The molecule has 0 aromatic heterocycles. The van der Waals surface area contributed by atoms with Crippen molar-refractivity contribution < 1.29 is 4.84 Å².